The first-order valence-corrected chi connectivity index (χ1v) is 5.40. The molecule has 0 aliphatic carbocycles. The molecule has 1 fully saturated rings. The van der Waals surface area contributed by atoms with Crippen LogP contribution in [0.5, 0.6) is 0 Å². The Morgan fingerprint density at radius 3 is 3.08 bits per heavy atom. The van der Waals surface area contributed by atoms with Gasteiger partial charge in [-0.2, -0.15) is 11.8 Å². The van der Waals surface area contributed by atoms with Crippen molar-refractivity contribution >= 4 is 17.7 Å². The van der Waals surface area contributed by atoms with Gasteiger partial charge in [-0.05, 0) is 25.6 Å². The lowest BCUT2D eigenvalue weighted by atomic mass is 10.2. The number of likely N-dealkylation sites (N-methyl/N-ethyl adjacent to an activating group) is 1. The van der Waals surface area contributed by atoms with Crippen LogP contribution >= 0.6 is 11.8 Å². The smallest absolute Gasteiger partial charge is 0.233 e. The number of thioether (sulfide) groups is 1. The summed E-state index contributed by atoms with van der Waals surface area (Å²) in [4.78, 5) is 11.0. The van der Waals surface area contributed by atoms with E-state index in [1.165, 1.54) is 18.6 Å². The van der Waals surface area contributed by atoms with Crippen molar-refractivity contribution in [1.82, 2.24) is 10.6 Å². The largest absolute Gasteiger partial charge is 0.354 e. The van der Waals surface area contributed by atoms with Crippen molar-refractivity contribution in [3.63, 3.8) is 0 Å². The molecule has 2 N–H and O–H groups in total. The van der Waals surface area contributed by atoms with Crippen LogP contribution < -0.4 is 10.6 Å². The van der Waals surface area contributed by atoms with Crippen molar-refractivity contribution in [2.45, 2.75) is 18.1 Å². The number of amides is 1. The molecule has 0 aromatic carbocycles. The minimum Gasteiger partial charge on any atom is -0.354 e. The zero-order chi connectivity index (χ0) is 8.81. The summed E-state index contributed by atoms with van der Waals surface area (Å²) in [5.41, 5.74) is 0. The van der Waals surface area contributed by atoms with E-state index in [0.717, 1.165) is 6.54 Å². The highest BCUT2D eigenvalue weighted by molar-refractivity contribution is 8.00. The van der Waals surface area contributed by atoms with Gasteiger partial charge in [0.2, 0.25) is 5.91 Å². The topological polar surface area (TPSA) is 41.1 Å². The van der Waals surface area contributed by atoms with Crippen molar-refractivity contribution in [1.29, 1.82) is 0 Å². The molecule has 0 bridgehead atoms. The molecule has 1 saturated heterocycles. The molecule has 0 radical (unpaired) electrons. The molecule has 1 aliphatic heterocycles. The lowest BCUT2D eigenvalue weighted by molar-refractivity contribution is -0.120. The maximum absolute atomic E-state index is 11.0. The van der Waals surface area contributed by atoms with Crippen LogP contribution in [0.15, 0.2) is 0 Å². The van der Waals surface area contributed by atoms with E-state index in [9.17, 15) is 4.79 Å². The Morgan fingerprint density at radius 1 is 1.67 bits per heavy atom. The lowest BCUT2D eigenvalue weighted by Crippen LogP contribution is -2.35. The molecule has 1 heterocycles. The van der Waals surface area contributed by atoms with Crippen LogP contribution in [-0.4, -0.2) is 37.0 Å². The Hall–Kier alpha value is -0.220. The summed E-state index contributed by atoms with van der Waals surface area (Å²) in [7, 11) is 1.78. The second-order valence-electron chi connectivity index (χ2n) is 2.97. The van der Waals surface area contributed by atoms with Crippen LogP contribution in [0.2, 0.25) is 0 Å². The van der Waals surface area contributed by atoms with Gasteiger partial charge in [0.05, 0.1) is 6.54 Å². The van der Waals surface area contributed by atoms with Crippen LogP contribution in [0.1, 0.15) is 12.8 Å². The Balaban J connectivity index is 2.03. The van der Waals surface area contributed by atoms with E-state index in [1.807, 2.05) is 11.8 Å². The summed E-state index contributed by atoms with van der Waals surface area (Å²) in [5, 5.41) is 6.39. The monoisotopic (exact) mass is 188 g/mol. The summed E-state index contributed by atoms with van der Waals surface area (Å²) in [6.45, 7) is 1.27. The van der Waals surface area contributed by atoms with Gasteiger partial charge in [0.15, 0.2) is 0 Å². The van der Waals surface area contributed by atoms with Crippen LogP contribution in [0.4, 0.5) is 0 Å². The molecule has 0 aromatic rings. The summed E-state index contributed by atoms with van der Waals surface area (Å²) in [5.74, 6) is 1.36. The van der Waals surface area contributed by atoms with Gasteiger partial charge in [0.25, 0.3) is 0 Å². The highest BCUT2D eigenvalue weighted by Gasteiger charge is 2.15. The third kappa shape index (κ3) is 3.45. The molecule has 1 rings (SSSR count). The highest BCUT2D eigenvalue weighted by Crippen LogP contribution is 2.24. The number of hydrogen-bond acceptors (Lipinski definition) is 3. The Kier molecular flexibility index (Phi) is 4.46. The number of carbonyl (C=O) groups is 1. The van der Waals surface area contributed by atoms with Crippen LogP contribution in [-0.2, 0) is 4.79 Å². The molecule has 12 heavy (non-hydrogen) atoms. The van der Waals surface area contributed by atoms with E-state index >= 15 is 0 Å². The molecule has 1 atom stereocenters. The zero-order valence-corrected chi connectivity index (χ0v) is 8.25. The van der Waals surface area contributed by atoms with Gasteiger partial charge in [0.1, 0.15) is 0 Å². The molecule has 3 nitrogen and oxygen atoms in total. The van der Waals surface area contributed by atoms with Crippen molar-refractivity contribution < 1.29 is 4.79 Å². The van der Waals surface area contributed by atoms with Crippen molar-refractivity contribution in [3.8, 4) is 0 Å². The molecular formula is C8H16N2OS. The molecule has 4 heteroatoms. The third-order valence-electron chi connectivity index (χ3n) is 1.89. The van der Waals surface area contributed by atoms with Crippen LogP contribution in [0.25, 0.3) is 0 Å². The van der Waals surface area contributed by atoms with Crippen molar-refractivity contribution in [2.24, 2.45) is 0 Å². The predicted molar refractivity (Wildman–Crippen MR) is 52.4 cm³/mol. The number of nitrogens with one attached hydrogen (secondary N) is 2. The number of rotatable bonds is 4. The molecule has 0 aromatic heterocycles. The van der Waals surface area contributed by atoms with Gasteiger partial charge in [-0.3, -0.25) is 4.79 Å². The van der Waals surface area contributed by atoms with Crippen LogP contribution in [0, 0.1) is 0 Å². The molecule has 0 saturated carbocycles. The quantitative estimate of drug-likeness (QED) is 0.663. The molecular weight excluding hydrogens is 172 g/mol. The predicted octanol–water partition coefficient (Wildman–Crippen LogP) is 0.218. The average molecular weight is 188 g/mol. The van der Waals surface area contributed by atoms with E-state index in [4.69, 9.17) is 0 Å². The Bertz CT molecular complexity index is 146. The van der Waals surface area contributed by atoms with Gasteiger partial charge in [-0.25, -0.2) is 0 Å². The second kappa shape index (κ2) is 5.43. The maximum atomic E-state index is 11.0. The van der Waals surface area contributed by atoms with E-state index in [-0.39, 0.29) is 5.91 Å². The van der Waals surface area contributed by atoms with Gasteiger partial charge < -0.3 is 10.6 Å². The summed E-state index contributed by atoms with van der Waals surface area (Å²) >= 11 is 1.97. The fourth-order valence-electron chi connectivity index (χ4n) is 1.26. The minimum absolute atomic E-state index is 0.102. The first-order chi connectivity index (χ1) is 5.83. The fourth-order valence-corrected chi connectivity index (χ4v) is 2.46. The van der Waals surface area contributed by atoms with E-state index in [0.29, 0.717) is 11.8 Å². The Labute approximate surface area is 77.7 Å². The highest BCUT2D eigenvalue weighted by atomic mass is 32.2. The van der Waals surface area contributed by atoms with E-state index < -0.39 is 0 Å². The van der Waals surface area contributed by atoms with Crippen molar-refractivity contribution in [3.05, 3.63) is 0 Å². The first-order valence-electron chi connectivity index (χ1n) is 4.36. The molecule has 0 spiro atoms. The minimum atomic E-state index is 0.102. The van der Waals surface area contributed by atoms with E-state index in [1.54, 1.807) is 7.05 Å². The van der Waals surface area contributed by atoms with Crippen molar-refractivity contribution in [2.75, 3.05) is 25.9 Å². The van der Waals surface area contributed by atoms with Gasteiger partial charge >= 0.3 is 0 Å². The zero-order valence-electron chi connectivity index (χ0n) is 7.43. The SMILES string of the molecule is CNCC(=O)NCC1CCCS1. The first kappa shape index (κ1) is 9.86. The maximum Gasteiger partial charge on any atom is 0.233 e. The summed E-state index contributed by atoms with van der Waals surface area (Å²) in [6, 6.07) is 0. The molecule has 1 aliphatic rings. The van der Waals surface area contributed by atoms with Gasteiger partial charge in [-0.1, -0.05) is 0 Å². The van der Waals surface area contributed by atoms with E-state index in [2.05, 4.69) is 10.6 Å². The van der Waals surface area contributed by atoms with Gasteiger partial charge in [-0.15, -0.1) is 0 Å². The number of hydrogen-bond donors (Lipinski definition) is 2. The Morgan fingerprint density at radius 2 is 2.50 bits per heavy atom. The van der Waals surface area contributed by atoms with Gasteiger partial charge in [0, 0.05) is 11.8 Å². The standard InChI is InChI=1S/C8H16N2OS/c1-9-6-8(11)10-5-7-3-2-4-12-7/h7,9H,2-6H2,1H3,(H,10,11). The fraction of sp³-hybridized carbons (Fsp3) is 0.875. The lowest BCUT2D eigenvalue weighted by Gasteiger charge is -2.09. The second-order valence-corrected chi connectivity index (χ2v) is 4.38. The van der Waals surface area contributed by atoms with Crippen LogP contribution in [0.3, 0.4) is 0 Å². The third-order valence-corrected chi connectivity index (χ3v) is 3.29. The average Bonchev–Trinajstić information content (AvgIpc) is 2.53. The molecule has 70 valence electrons. The summed E-state index contributed by atoms with van der Waals surface area (Å²) < 4.78 is 0. The number of carbonyl (C=O) groups excluding carboxylic acids is 1. The normalized spacial score (nSPS) is 22.6. The summed E-state index contributed by atoms with van der Waals surface area (Å²) in [6.07, 6.45) is 2.56. The molecule has 1 amide bonds. The molecule has 1 unspecified atom stereocenters.